The summed E-state index contributed by atoms with van der Waals surface area (Å²) in [5, 5.41) is 13.9. The van der Waals surface area contributed by atoms with Crippen LogP contribution in [-0.4, -0.2) is 16.4 Å². The molecule has 0 aliphatic heterocycles. The second kappa shape index (κ2) is 15.7. The zero-order valence-corrected chi connectivity index (χ0v) is 8.15. The second-order valence-electron chi connectivity index (χ2n) is 0.283. The van der Waals surface area contributed by atoms with Crippen LogP contribution in [0, 0.1) is 0 Å². The minimum Gasteiger partial charge on any atom is -1.00 e. The number of halogens is 1. The summed E-state index contributed by atoms with van der Waals surface area (Å²) in [6, 6.07) is 0. The van der Waals surface area contributed by atoms with Crippen LogP contribution in [0.1, 0.15) is 2.85 Å². The molecular weight excluding hydrogens is 142 g/mol. The maximum atomic E-state index is 8.56. The molecule has 0 bridgehead atoms. The van der Waals surface area contributed by atoms with Crippen molar-refractivity contribution in [2.24, 2.45) is 0 Å². The van der Waals surface area contributed by atoms with Gasteiger partial charge in [-0.05, 0) is 0 Å². The van der Waals surface area contributed by atoms with Crippen molar-refractivity contribution in [3.63, 3.8) is 0 Å². The largest absolute Gasteiger partial charge is 1.00 e. The topological polar surface area (TPSA) is 57.5 Å². The maximum Gasteiger partial charge on any atom is 1.00 e. The molecule has 6 heteroatoms. The Morgan fingerprint density at radius 1 is 1.43 bits per heavy atom. The summed E-state index contributed by atoms with van der Waals surface area (Å²) < 4.78 is 0. The van der Waals surface area contributed by atoms with Gasteiger partial charge in [0.05, 0.1) is 0 Å². The molecule has 0 atom stereocenters. The van der Waals surface area contributed by atoms with Gasteiger partial charge in [-0.15, -0.1) is 12.4 Å². The fourth-order valence-electron chi connectivity index (χ4n) is 0. The molecule has 0 fully saturated rings. The van der Waals surface area contributed by atoms with Crippen LogP contribution in [-0.2, 0) is 0 Å². The fraction of sp³-hybridized carbons (Fsp3) is 0. The van der Waals surface area contributed by atoms with Crippen molar-refractivity contribution in [1.82, 2.24) is 0 Å². The Morgan fingerprint density at radius 3 is 1.43 bits per heavy atom. The number of carbonyl (C=O) groups is 1. The van der Waals surface area contributed by atoms with E-state index in [2.05, 4.69) is 0 Å². The molecule has 0 radical (unpaired) electrons. The molecule has 0 aromatic rings. The molecule has 0 unspecified atom stereocenters. The standard InChI is InChI=1S/CH2O3.ClH.K.Li.2H/c2-1(3)4;;;;;/h(H2,2,3,4);1H;;;;/q;;2*+1;2*-1. The van der Waals surface area contributed by atoms with E-state index in [1.165, 1.54) is 0 Å². The van der Waals surface area contributed by atoms with Gasteiger partial charge in [0, 0.05) is 0 Å². The van der Waals surface area contributed by atoms with Crippen LogP contribution in [0.5, 0.6) is 0 Å². The molecule has 0 saturated heterocycles. The molecule has 36 valence electrons. The van der Waals surface area contributed by atoms with Gasteiger partial charge in [-0.3, -0.25) is 0 Å². The Hall–Kier alpha value is 1.79. The minimum atomic E-state index is -1.83. The quantitative estimate of drug-likeness (QED) is 0.336. The SMILES string of the molecule is Cl.O=C(O)O.[H-].[H-].[K+].[Li+]. The predicted octanol–water partition coefficient (Wildman–Crippen LogP) is -5.12. The van der Waals surface area contributed by atoms with Crippen molar-refractivity contribution in [3.8, 4) is 0 Å². The fourth-order valence-corrected chi connectivity index (χ4v) is 0. The van der Waals surface area contributed by atoms with E-state index in [0.29, 0.717) is 0 Å². The van der Waals surface area contributed by atoms with Crippen LogP contribution in [0.4, 0.5) is 4.79 Å². The van der Waals surface area contributed by atoms with Crippen LogP contribution >= 0.6 is 12.4 Å². The third kappa shape index (κ3) is 81.3. The number of carboxylic acid groups (broad SMARTS) is 2. The Balaban J connectivity index is -0.00000000450. The molecule has 0 amide bonds. The van der Waals surface area contributed by atoms with Crippen LogP contribution in [0.2, 0.25) is 0 Å². The van der Waals surface area contributed by atoms with Crippen molar-refractivity contribution in [2.75, 3.05) is 0 Å². The second-order valence-corrected chi connectivity index (χ2v) is 0.283. The third-order valence-corrected chi connectivity index (χ3v) is 0. The summed E-state index contributed by atoms with van der Waals surface area (Å²) in [5.41, 5.74) is 0. The zero-order valence-electron chi connectivity index (χ0n) is 6.21. The molecule has 0 aliphatic rings. The third-order valence-electron chi connectivity index (χ3n) is 0. The monoisotopic (exact) mass is 146 g/mol. The van der Waals surface area contributed by atoms with Crippen LogP contribution in [0.15, 0.2) is 0 Å². The summed E-state index contributed by atoms with van der Waals surface area (Å²) in [4.78, 5) is 8.56. The number of hydrogen-bond acceptors (Lipinski definition) is 1. The molecule has 3 nitrogen and oxygen atoms in total. The van der Waals surface area contributed by atoms with Crippen molar-refractivity contribution in [3.05, 3.63) is 0 Å². The Kier molecular flexibility index (Phi) is 52.0. The van der Waals surface area contributed by atoms with Gasteiger partial charge in [-0.2, -0.15) is 0 Å². The minimum absolute atomic E-state index is 0. The van der Waals surface area contributed by atoms with E-state index in [9.17, 15) is 0 Å². The van der Waals surface area contributed by atoms with Gasteiger partial charge in [0.15, 0.2) is 0 Å². The Bertz CT molecular complexity index is 44.8. The Labute approximate surface area is 105 Å². The molecule has 7 heavy (non-hydrogen) atoms. The molecule has 0 saturated carbocycles. The van der Waals surface area contributed by atoms with Crippen molar-refractivity contribution in [2.45, 2.75) is 0 Å². The van der Waals surface area contributed by atoms with Gasteiger partial charge in [0.25, 0.3) is 0 Å². The molecular formula is CH5ClKLiO3. The first-order valence-electron chi connectivity index (χ1n) is 0.651. The summed E-state index contributed by atoms with van der Waals surface area (Å²) in [5.74, 6) is 0. The van der Waals surface area contributed by atoms with E-state index < -0.39 is 6.16 Å². The molecule has 0 spiro atoms. The first-order chi connectivity index (χ1) is 1.73. The van der Waals surface area contributed by atoms with Gasteiger partial charge >= 0.3 is 76.4 Å². The Morgan fingerprint density at radius 2 is 1.43 bits per heavy atom. The van der Waals surface area contributed by atoms with Gasteiger partial charge in [-0.25, -0.2) is 4.79 Å². The summed E-state index contributed by atoms with van der Waals surface area (Å²) >= 11 is 0. The van der Waals surface area contributed by atoms with E-state index in [1.54, 1.807) is 0 Å². The van der Waals surface area contributed by atoms with Gasteiger partial charge in [0.2, 0.25) is 0 Å². The van der Waals surface area contributed by atoms with Crippen molar-refractivity contribution in [1.29, 1.82) is 0 Å². The molecule has 0 aromatic carbocycles. The first kappa shape index (κ1) is 23.2. The first-order valence-corrected chi connectivity index (χ1v) is 0.651. The van der Waals surface area contributed by atoms with Gasteiger partial charge < -0.3 is 13.1 Å². The number of hydrogen-bond donors (Lipinski definition) is 2. The average Bonchev–Trinajstić information content (AvgIpc) is 0.811. The van der Waals surface area contributed by atoms with Crippen LogP contribution in [0.25, 0.3) is 0 Å². The molecule has 0 aromatic heterocycles. The maximum absolute atomic E-state index is 8.56. The zero-order chi connectivity index (χ0) is 3.58. The average molecular weight is 147 g/mol. The molecule has 0 heterocycles. The van der Waals surface area contributed by atoms with E-state index in [0.717, 1.165) is 0 Å². The van der Waals surface area contributed by atoms with E-state index in [4.69, 9.17) is 15.0 Å². The van der Waals surface area contributed by atoms with Gasteiger partial charge in [0.1, 0.15) is 0 Å². The summed E-state index contributed by atoms with van der Waals surface area (Å²) in [6.45, 7) is 0. The van der Waals surface area contributed by atoms with Crippen molar-refractivity contribution < 1.29 is 88.1 Å². The van der Waals surface area contributed by atoms with Gasteiger partial charge in [-0.1, -0.05) is 0 Å². The van der Waals surface area contributed by atoms with E-state index in [1.807, 2.05) is 0 Å². The summed E-state index contributed by atoms with van der Waals surface area (Å²) in [7, 11) is 0. The van der Waals surface area contributed by atoms with Crippen LogP contribution < -0.4 is 70.2 Å². The summed E-state index contributed by atoms with van der Waals surface area (Å²) in [6.07, 6.45) is -1.83. The van der Waals surface area contributed by atoms with Crippen molar-refractivity contribution >= 4 is 18.6 Å². The molecule has 0 rings (SSSR count). The smallest absolute Gasteiger partial charge is 1.00 e. The number of rotatable bonds is 0. The van der Waals surface area contributed by atoms with E-state index in [-0.39, 0.29) is 85.5 Å². The van der Waals surface area contributed by atoms with E-state index >= 15 is 0 Å². The predicted molar refractivity (Wildman–Crippen MR) is 20.1 cm³/mol. The molecule has 0 aliphatic carbocycles. The normalized spacial score (nSPS) is 3.43. The van der Waals surface area contributed by atoms with Crippen LogP contribution in [0.3, 0.4) is 0 Å². The molecule has 2 N–H and O–H groups in total.